The first kappa shape index (κ1) is 9.26. The highest BCUT2D eigenvalue weighted by Crippen LogP contribution is 2.04. The monoisotopic (exact) mass is 138 g/mol. The average molecular weight is 138 g/mol. The Morgan fingerprint density at radius 3 is 2.90 bits per heavy atom. The Morgan fingerprint density at radius 2 is 2.50 bits per heavy atom. The maximum atomic E-state index is 5.24. The van der Waals surface area contributed by atoms with E-state index in [1.165, 1.54) is 0 Å². The van der Waals surface area contributed by atoms with Gasteiger partial charge in [-0.15, -0.1) is 18.9 Å². The van der Waals surface area contributed by atoms with Crippen molar-refractivity contribution in [2.75, 3.05) is 13.7 Å². The Labute approximate surface area is 63.1 Å². The lowest BCUT2D eigenvalue weighted by atomic mass is 10.1. The second kappa shape index (κ2) is 6.38. The highest BCUT2D eigenvalue weighted by atomic mass is 16.5. The molecule has 0 aliphatic heterocycles. The lowest BCUT2D eigenvalue weighted by molar-refractivity contribution is 0.170. The summed E-state index contributed by atoms with van der Waals surface area (Å²) < 4.78 is 4.92. The van der Waals surface area contributed by atoms with Crippen LogP contribution in [0.1, 0.15) is 12.8 Å². The highest BCUT2D eigenvalue weighted by Gasteiger charge is 2.00. The molecular formula is C9H14O. The molecule has 0 bridgehead atoms. The van der Waals surface area contributed by atoms with Crippen LogP contribution in [0.25, 0.3) is 0 Å². The van der Waals surface area contributed by atoms with Crippen molar-refractivity contribution in [1.29, 1.82) is 0 Å². The molecule has 0 radical (unpaired) electrons. The Kier molecular flexibility index (Phi) is 5.91. The van der Waals surface area contributed by atoms with Crippen molar-refractivity contribution in [2.24, 2.45) is 5.92 Å². The van der Waals surface area contributed by atoms with Crippen LogP contribution in [0.15, 0.2) is 12.7 Å². The van der Waals surface area contributed by atoms with Gasteiger partial charge >= 0.3 is 0 Å². The Balaban J connectivity index is 3.41. The van der Waals surface area contributed by atoms with E-state index in [2.05, 4.69) is 12.5 Å². The minimum absolute atomic E-state index is 0.253. The molecule has 0 saturated carbocycles. The Morgan fingerprint density at radius 1 is 1.80 bits per heavy atom. The third-order valence-electron chi connectivity index (χ3n) is 1.32. The van der Waals surface area contributed by atoms with Crippen LogP contribution in [0.2, 0.25) is 0 Å². The topological polar surface area (TPSA) is 9.23 Å². The molecule has 0 aromatic carbocycles. The van der Waals surface area contributed by atoms with Gasteiger partial charge in [-0.25, -0.2) is 0 Å². The van der Waals surface area contributed by atoms with Crippen LogP contribution >= 0.6 is 0 Å². The van der Waals surface area contributed by atoms with Crippen LogP contribution in [0.5, 0.6) is 0 Å². The molecule has 0 heterocycles. The predicted octanol–water partition coefficient (Wildman–Crippen LogP) is 1.85. The molecule has 0 N–H and O–H groups in total. The van der Waals surface area contributed by atoms with Crippen molar-refractivity contribution < 1.29 is 4.74 Å². The third kappa shape index (κ3) is 4.17. The minimum Gasteiger partial charge on any atom is -0.383 e. The summed E-state index contributed by atoms with van der Waals surface area (Å²) in [5.41, 5.74) is 0. The van der Waals surface area contributed by atoms with Gasteiger partial charge in [-0.05, 0) is 12.8 Å². The van der Waals surface area contributed by atoms with E-state index in [4.69, 9.17) is 11.2 Å². The molecule has 0 fully saturated rings. The fraction of sp³-hybridized carbons (Fsp3) is 0.556. The van der Waals surface area contributed by atoms with E-state index in [-0.39, 0.29) is 5.92 Å². The van der Waals surface area contributed by atoms with E-state index >= 15 is 0 Å². The maximum absolute atomic E-state index is 5.24. The average Bonchev–Trinajstić information content (AvgIpc) is 1.98. The van der Waals surface area contributed by atoms with Gasteiger partial charge in [0.15, 0.2) is 0 Å². The molecule has 0 rings (SSSR count). The van der Waals surface area contributed by atoms with Crippen molar-refractivity contribution in [1.82, 2.24) is 0 Å². The van der Waals surface area contributed by atoms with Gasteiger partial charge in [0.05, 0.1) is 6.61 Å². The molecule has 1 heteroatoms. The van der Waals surface area contributed by atoms with Crippen molar-refractivity contribution in [2.45, 2.75) is 12.8 Å². The molecule has 10 heavy (non-hydrogen) atoms. The van der Waals surface area contributed by atoms with Gasteiger partial charge in [0, 0.05) is 13.0 Å². The van der Waals surface area contributed by atoms with E-state index in [0.717, 1.165) is 12.8 Å². The number of hydrogen-bond acceptors (Lipinski definition) is 1. The van der Waals surface area contributed by atoms with Crippen LogP contribution in [-0.4, -0.2) is 13.7 Å². The summed E-state index contributed by atoms with van der Waals surface area (Å²) in [5.74, 6) is 2.92. The summed E-state index contributed by atoms with van der Waals surface area (Å²) in [6.07, 6.45) is 9.06. The van der Waals surface area contributed by atoms with Gasteiger partial charge in [0.25, 0.3) is 0 Å². The first-order valence-electron chi connectivity index (χ1n) is 3.41. The zero-order chi connectivity index (χ0) is 7.82. The lowest BCUT2D eigenvalue weighted by Crippen LogP contribution is -2.04. The number of methoxy groups -OCH3 is 1. The van der Waals surface area contributed by atoms with Crippen molar-refractivity contribution in [3.8, 4) is 12.3 Å². The van der Waals surface area contributed by atoms with E-state index in [9.17, 15) is 0 Å². The van der Waals surface area contributed by atoms with Gasteiger partial charge in [-0.1, -0.05) is 6.08 Å². The molecule has 0 amide bonds. The molecule has 0 aromatic heterocycles. The fourth-order valence-electron chi connectivity index (χ4n) is 0.735. The van der Waals surface area contributed by atoms with Crippen molar-refractivity contribution in [3.05, 3.63) is 12.7 Å². The third-order valence-corrected chi connectivity index (χ3v) is 1.32. The van der Waals surface area contributed by atoms with Crippen LogP contribution in [0.4, 0.5) is 0 Å². The second-order valence-electron chi connectivity index (χ2n) is 2.18. The zero-order valence-corrected chi connectivity index (χ0v) is 6.47. The Hall–Kier alpha value is -0.740. The zero-order valence-electron chi connectivity index (χ0n) is 6.47. The molecule has 1 atom stereocenters. The number of rotatable bonds is 5. The molecule has 0 aliphatic carbocycles. The van der Waals surface area contributed by atoms with Gasteiger partial charge in [-0.2, -0.15) is 0 Å². The highest BCUT2D eigenvalue weighted by molar-refractivity contribution is 4.93. The van der Waals surface area contributed by atoms with E-state index in [0.29, 0.717) is 6.61 Å². The van der Waals surface area contributed by atoms with Crippen LogP contribution in [-0.2, 0) is 4.74 Å². The lowest BCUT2D eigenvalue weighted by Gasteiger charge is -2.05. The van der Waals surface area contributed by atoms with E-state index in [1.807, 2.05) is 6.08 Å². The number of ether oxygens (including phenoxy) is 1. The van der Waals surface area contributed by atoms with Gasteiger partial charge in [-0.3, -0.25) is 0 Å². The minimum atomic E-state index is 0.253. The largest absolute Gasteiger partial charge is 0.383 e. The standard InChI is InChI=1S/C9H14O/c1-4-6-7-9(5-2)8-10-3/h2,4,9H,1,6-8H2,3H3. The van der Waals surface area contributed by atoms with Crippen molar-refractivity contribution in [3.63, 3.8) is 0 Å². The molecular weight excluding hydrogens is 124 g/mol. The molecule has 1 unspecified atom stereocenters. The SMILES string of the molecule is C#CC(CCC=C)COC. The summed E-state index contributed by atoms with van der Waals surface area (Å²) in [6.45, 7) is 4.27. The number of allylic oxidation sites excluding steroid dienone is 1. The van der Waals surface area contributed by atoms with Gasteiger partial charge in [0.1, 0.15) is 0 Å². The normalized spacial score (nSPS) is 12.0. The quantitative estimate of drug-likeness (QED) is 0.416. The molecule has 0 saturated heterocycles. The molecule has 0 aliphatic rings. The molecule has 56 valence electrons. The maximum Gasteiger partial charge on any atom is 0.0600 e. The van der Waals surface area contributed by atoms with Crippen LogP contribution in [0.3, 0.4) is 0 Å². The molecule has 0 spiro atoms. The van der Waals surface area contributed by atoms with Gasteiger partial charge < -0.3 is 4.74 Å². The smallest absolute Gasteiger partial charge is 0.0600 e. The van der Waals surface area contributed by atoms with E-state index in [1.54, 1.807) is 7.11 Å². The molecule has 1 nitrogen and oxygen atoms in total. The summed E-state index contributed by atoms with van der Waals surface area (Å²) in [5, 5.41) is 0. The summed E-state index contributed by atoms with van der Waals surface area (Å²) in [6, 6.07) is 0. The van der Waals surface area contributed by atoms with Crippen LogP contribution < -0.4 is 0 Å². The molecule has 0 aromatic rings. The Bertz CT molecular complexity index is 121. The second-order valence-corrected chi connectivity index (χ2v) is 2.18. The first-order chi connectivity index (χ1) is 4.85. The first-order valence-corrected chi connectivity index (χ1v) is 3.41. The number of hydrogen-bond donors (Lipinski definition) is 0. The number of terminal acetylenes is 1. The summed E-state index contributed by atoms with van der Waals surface area (Å²) >= 11 is 0. The van der Waals surface area contributed by atoms with E-state index < -0.39 is 0 Å². The summed E-state index contributed by atoms with van der Waals surface area (Å²) in [7, 11) is 1.66. The predicted molar refractivity (Wildman–Crippen MR) is 43.6 cm³/mol. The summed E-state index contributed by atoms with van der Waals surface area (Å²) in [4.78, 5) is 0. The van der Waals surface area contributed by atoms with Gasteiger partial charge in [0.2, 0.25) is 0 Å². The van der Waals surface area contributed by atoms with Crippen molar-refractivity contribution >= 4 is 0 Å². The fourth-order valence-corrected chi connectivity index (χ4v) is 0.735. The van der Waals surface area contributed by atoms with Crippen LogP contribution in [0, 0.1) is 18.3 Å².